The predicted octanol–water partition coefficient (Wildman–Crippen LogP) is 2.50. The minimum atomic E-state index is -0.742. The molecule has 0 saturated heterocycles. The van der Waals surface area contributed by atoms with Crippen molar-refractivity contribution in [2.75, 3.05) is 6.61 Å². The van der Waals surface area contributed by atoms with Crippen LogP contribution in [0.2, 0.25) is 0 Å². The number of carbonyl (C=O) groups excluding carboxylic acids is 1. The van der Waals surface area contributed by atoms with Crippen molar-refractivity contribution < 1.29 is 9.53 Å². The van der Waals surface area contributed by atoms with Gasteiger partial charge in [0.05, 0.1) is 12.7 Å². The highest BCUT2D eigenvalue weighted by Gasteiger charge is 2.44. The van der Waals surface area contributed by atoms with Crippen LogP contribution in [0.5, 0.6) is 5.75 Å². The molecule has 1 aliphatic carbocycles. The Bertz CT molecular complexity index is 524. The van der Waals surface area contributed by atoms with Gasteiger partial charge in [0, 0.05) is 12.0 Å². The number of fused-ring (bicyclic) bond motifs is 1. The van der Waals surface area contributed by atoms with Crippen molar-refractivity contribution in [1.29, 1.82) is 5.26 Å². The van der Waals surface area contributed by atoms with Crippen molar-refractivity contribution in [3.05, 3.63) is 29.3 Å². The number of nitriles is 1. The molecule has 0 aromatic heterocycles. The van der Waals surface area contributed by atoms with Gasteiger partial charge in [0.25, 0.3) is 0 Å². The van der Waals surface area contributed by atoms with E-state index in [2.05, 4.69) is 6.07 Å². The Hall–Kier alpha value is -1.82. The minimum absolute atomic E-state index is 0.0130. The molecular weight excluding hydrogens is 214 g/mol. The average molecular weight is 227 g/mol. The van der Waals surface area contributed by atoms with E-state index in [4.69, 9.17) is 10.00 Å². The second kappa shape index (κ2) is 3.59. The molecular formula is C14H13NO2. The Morgan fingerprint density at radius 1 is 1.41 bits per heavy atom. The molecule has 3 nitrogen and oxygen atoms in total. The first-order valence-corrected chi connectivity index (χ1v) is 5.97. The van der Waals surface area contributed by atoms with Crippen LogP contribution in [0.15, 0.2) is 18.2 Å². The van der Waals surface area contributed by atoms with Crippen LogP contribution in [0.4, 0.5) is 0 Å². The van der Waals surface area contributed by atoms with Gasteiger partial charge in [0.1, 0.15) is 11.2 Å². The zero-order chi connectivity index (χ0) is 11.9. The van der Waals surface area contributed by atoms with Crippen molar-refractivity contribution in [3.63, 3.8) is 0 Å². The van der Waals surface area contributed by atoms with Gasteiger partial charge in [0.15, 0.2) is 5.78 Å². The Balaban J connectivity index is 1.95. The molecule has 17 heavy (non-hydrogen) atoms. The topological polar surface area (TPSA) is 50.1 Å². The molecule has 1 aliphatic heterocycles. The van der Waals surface area contributed by atoms with Gasteiger partial charge in [-0.2, -0.15) is 5.26 Å². The second-order valence-corrected chi connectivity index (χ2v) is 4.80. The summed E-state index contributed by atoms with van der Waals surface area (Å²) in [6.07, 6.45) is 3.25. The summed E-state index contributed by atoms with van der Waals surface area (Å²) in [5.74, 6) is 0.863. The predicted molar refractivity (Wildman–Crippen MR) is 61.9 cm³/mol. The number of carbonyl (C=O) groups is 1. The van der Waals surface area contributed by atoms with E-state index in [-0.39, 0.29) is 5.78 Å². The first-order chi connectivity index (χ1) is 8.25. The summed E-state index contributed by atoms with van der Waals surface area (Å²) in [5.41, 5.74) is 1.01. The smallest absolute Gasteiger partial charge is 0.183 e. The van der Waals surface area contributed by atoms with Gasteiger partial charge in [-0.05, 0) is 43.0 Å². The highest BCUT2D eigenvalue weighted by Crippen LogP contribution is 2.43. The molecule has 0 spiro atoms. The molecule has 0 N–H and O–H groups in total. The Labute approximate surface area is 100 Å². The van der Waals surface area contributed by atoms with Crippen molar-refractivity contribution >= 4 is 5.78 Å². The van der Waals surface area contributed by atoms with Gasteiger partial charge in [-0.15, -0.1) is 0 Å². The maximum absolute atomic E-state index is 12.3. The van der Waals surface area contributed by atoms with Gasteiger partial charge in [0.2, 0.25) is 0 Å². The maximum Gasteiger partial charge on any atom is 0.183 e. The SMILES string of the molecule is N#CC1(C(=O)c2ccc3c(c2)CCO3)CCC1. The molecule has 0 unspecified atom stereocenters. The first kappa shape index (κ1) is 10.3. The molecule has 1 saturated carbocycles. The van der Waals surface area contributed by atoms with E-state index in [1.165, 1.54) is 0 Å². The van der Waals surface area contributed by atoms with Gasteiger partial charge in [-0.3, -0.25) is 4.79 Å². The van der Waals surface area contributed by atoms with E-state index < -0.39 is 5.41 Å². The van der Waals surface area contributed by atoms with Crippen LogP contribution in [0.3, 0.4) is 0 Å². The summed E-state index contributed by atoms with van der Waals surface area (Å²) in [7, 11) is 0. The molecule has 1 heterocycles. The van der Waals surface area contributed by atoms with E-state index in [0.29, 0.717) is 25.0 Å². The lowest BCUT2D eigenvalue weighted by Crippen LogP contribution is -2.36. The normalized spacial score (nSPS) is 19.7. The molecule has 86 valence electrons. The molecule has 1 aromatic rings. The van der Waals surface area contributed by atoms with Gasteiger partial charge >= 0.3 is 0 Å². The molecule has 3 heteroatoms. The van der Waals surface area contributed by atoms with E-state index in [1.54, 1.807) is 6.07 Å². The number of hydrogen-bond donors (Lipinski definition) is 0. The number of Topliss-reactive ketones (excluding diaryl/α,β-unsaturated/α-hetero) is 1. The zero-order valence-corrected chi connectivity index (χ0v) is 9.53. The lowest BCUT2D eigenvalue weighted by Gasteiger charge is -2.33. The number of ether oxygens (including phenoxy) is 1. The highest BCUT2D eigenvalue weighted by molar-refractivity contribution is 6.03. The third-order valence-corrected chi connectivity index (χ3v) is 3.81. The summed E-state index contributed by atoms with van der Waals surface area (Å²) < 4.78 is 5.41. The van der Waals surface area contributed by atoms with Gasteiger partial charge < -0.3 is 4.74 Å². The fourth-order valence-electron chi connectivity index (χ4n) is 2.52. The standard InChI is InChI=1S/C14H13NO2/c15-9-14(5-1-6-14)13(16)11-2-3-12-10(8-11)4-7-17-12/h2-3,8H,1,4-7H2. The minimum Gasteiger partial charge on any atom is -0.493 e. The largest absolute Gasteiger partial charge is 0.493 e. The molecule has 0 radical (unpaired) electrons. The van der Waals surface area contributed by atoms with E-state index in [9.17, 15) is 4.79 Å². The van der Waals surface area contributed by atoms with Crippen LogP contribution in [0, 0.1) is 16.7 Å². The summed E-state index contributed by atoms with van der Waals surface area (Å²) in [5, 5.41) is 9.17. The molecule has 1 fully saturated rings. The van der Waals surface area contributed by atoms with Crippen LogP contribution >= 0.6 is 0 Å². The summed E-state index contributed by atoms with van der Waals surface area (Å²) in [4.78, 5) is 12.3. The summed E-state index contributed by atoms with van der Waals surface area (Å²) in [6.45, 7) is 0.691. The number of rotatable bonds is 2. The van der Waals surface area contributed by atoms with Gasteiger partial charge in [-0.1, -0.05) is 0 Å². The summed E-state index contributed by atoms with van der Waals surface area (Å²) >= 11 is 0. The Morgan fingerprint density at radius 3 is 2.88 bits per heavy atom. The van der Waals surface area contributed by atoms with Crippen LogP contribution < -0.4 is 4.74 Å². The average Bonchev–Trinajstić information content (AvgIpc) is 2.74. The lowest BCUT2D eigenvalue weighted by molar-refractivity contribution is 0.0748. The van der Waals surface area contributed by atoms with Crippen LogP contribution in [0.25, 0.3) is 0 Å². The Kier molecular flexibility index (Phi) is 2.19. The fourth-order valence-corrected chi connectivity index (χ4v) is 2.52. The number of nitrogens with zero attached hydrogens (tertiary/aromatic N) is 1. The first-order valence-electron chi connectivity index (χ1n) is 5.97. The van der Waals surface area contributed by atoms with E-state index in [1.807, 2.05) is 12.1 Å². The van der Waals surface area contributed by atoms with Gasteiger partial charge in [-0.25, -0.2) is 0 Å². The third kappa shape index (κ3) is 1.44. The second-order valence-electron chi connectivity index (χ2n) is 4.80. The van der Waals surface area contributed by atoms with Crippen LogP contribution in [-0.2, 0) is 6.42 Å². The van der Waals surface area contributed by atoms with Crippen molar-refractivity contribution in [2.24, 2.45) is 5.41 Å². The van der Waals surface area contributed by atoms with Crippen LogP contribution in [0.1, 0.15) is 35.2 Å². The fraction of sp³-hybridized carbons (Fsp3) is 0.429. The zero-order valence-electron chi connectivity index (χ0n) is 9.53. The highest BCUT2D eigenvalue weighted by atomic mass is 16.5. The monoisotopic (exact) mass is 227 g/mol. The molecule has 0 atom stereocenters. The molecule has 1 aromatic carbocycles. The molecule has 2 aliphatic rings. The van der Waals surface area contributed by atoms with Crippen LogP contribution in [-0.4, -0.2) is 12.4 Å². The quantitative estimate of drug-likeness (QED) is 0.729. The number of ketones is 1. The van der Waals surface area contributed by atoms with Crippen molar-refractivity contribution in [1.82, 2.24) is 0 Å². The van der Waals surface area contributed by atoms with Crippen molar-refractivity contribution in [2.45, 2.75) is 25.7 Å². The van der Waals surface area contributed by atoms with E-state index >= 15 is 0 Å². The molecule has 3 rings (SSSR count). The summed E-state index contributed by atoms with van der Waals surface area (Å²) in [6, 6.07) is 7.72. The van der Waals surface area contributed by atoms with Crippen molar-refractivity contribution in [3.8, 4) is 11.8 Å². The maximum atomic E-state index is 12.3. The number of benzene rings is 1. The molecule has 0 amide bonds. The van der Waals surface area contributed by atoms with E-state index in [0.717, 1.165) is 24.2 Å². The number of hydrogen-bond acceptors (Lipinski definition) is 3. The Morgan fingerprint density at radius 2 is 2.24 bits per heavy atom. The third-order valence-electron chi connectivity index (χ3n) is 3.81. The lowest BCUT2D eigenvalue weighted by atomic mass is 9.65. The molecule has 0 bridgehead atoms.